The van der Waals surface area contributed by atoms with Crippen LogP contribution in [0.2, 0.25) is 10.0 Å². The second-order valence-corrected chi connectivity index (χ2v) is 15.1. The number of phenolic OH excluding ortho intramolecular Hbond substituents is 1. The summed E-state index contributed by atoms with van der Waals surface area (Å²) >= 11 is 13.0. The molecule has 0 bridgehead atoms. The van der Waals surface area contributed by atoms with Gasteiger partial charge in [-0.1, -0.05) is 66.2 Å². The van der Waals surface area contributed by atoms with Crippen LogP contribution in [0.4, 0.5) is 10.1 Å². The van der Waals surface area contributed by atoms with Crippen molar-refractivity contribution in [3.63, 3.8) is 0 Å². The Kier molecular flexibility index (Phi) is 8.38. The van der Waals surface area contributed by atoms with Crippen molar-refractivity contribution in [1.29, 1.82) is 0 Å². The Bertz CT molecular complexity index is 1980. The Balaban J connectivity index is 1.33. The van der Waals surface area contributed by atoms with Gasteiger partial charge in [-0.25, -0.2) is 4.39 Å². The van der Waals surface area contributed by atoms with Crippen LogP contribution < -0.4 is 10.2 Å². The Hall–Kier alpha value is -4.41. The van der Waals surface area contributed by atoms with Crippen molar-refractivity contribution >= 4 is 52.5 Å². The highest BCUT2D eigenvalue weighted by atomic mass is 35.5. The molecule has 2 saturated heterocycles. The van der Waals surface area contributed by atoms with E-state index in [9.17, 15) is 23.9 Å². The molecule has 5 aliphatic rings. The van der Waals surface area contributed by atoms with Crippen molar-refractivity contribution in [2.24, 2.45) is 23.7 Å². The van der Waals surface area contributed by atoms with Crippen molar-refractivity contribution in [1.82, 2.24) is 9.91 Å². The van der Waals surface area contributed by atoms with Crippen LogP contribution in [0.25, 0.3) is 0 Å². The highest BCUT2D eigenvalue weighted by Crippen LogP contribution is 2.65. The van der Waals surface area contributed by atoms with E-state index in [0.29, 0.717) is 28.3 Å². The number of anilines is 1. The number of hydrogen-bond acceptors (Lipinski definition) is 7. The smallest absolute Gasteiger partial charge is 0.260 e. The zero-order chi connectivity index (χ0) is 35.8. The second kappa shape index (κ2) is 12.7. The number of allylic oxidation sites excluding steroid dienone is 2. The fraction of sp³-hybridized carbons (Fsp3) is 0.385. The van der Waals surface area contributed by atoms with Crippen LogP contribution in [-0.4, -0.2) is 51.8 Å². The quantitative estimate of drug-likeness (QED) is 0.204. The number of nitrogens with one attached hydrogen (secondary N) is 1. The number of benzene rings is 3. The van der Waals surface area contributed by atoms with E-state index in [1.807, 2.05) is 6.08 Å². The zero-order valence-electron chi connectivity index (χ0n) is 27.8. The van der Waals surface area contributed by atoms with E-state index in [1.54, 1.807) is 36.4 Å². The molecule has 4 fully saturated rings. The summed E-state index contributed by atoms with van der Waals surface area (Å²) in [5.41, 5.74) is 3.45. The van der Waals surface area contributed by atoms with Crippen LogP contribution in [0.15, 0.2) is 72.3 Å². The molecule has 9 nitrogen and oxygen atoms in total. The number of hydrogen-bond donors (Lipinski definition) is 2. The fourth-order valence-corrected chi connectivity index (χ4v) is 10.0. The van der Waals surface area contributed by atoms with Crippen molar-refractivity contribution in [2.75, 3.05) is 12.5 Å². The fourth-order valence-electron chi connectivity index (χ4n) is 9.67. The topological polar surface area (TPSA) is 116 Å². The number of likely N-dealkylation sites (tertiary alicyclic amines) is 1. The van der Waals surface area contributed by atoms with Gasteiger partial charge in [-0.3, -0.25) is 29.5 Å². The second-order valence-electron chi connectivity index (χ2n) is 14.3. The number of imide groups is 2. The molecule has 8 rings (SSSR count). The van der Waals surface area contributed by atoms with E-state index in [-0.39, 0.29) is 40.8 Å². The van der Waals surface area contributed by atoms with Crippen LogP contribution in [0.3, 0.4) is 0 Å². The summed E-state index contributed by atoms with van der Waals surface area (Å²) in [6, 6.07) is 15.1. The van der Waals surface area contributed by atoms with E-state index >= 15 is 4.79 Å². The lowest BCUT2D eigenvalue weighted by molar-refractivity contribution is -0.144. The molecule has 6 atom stereocenters. The average molecular weight is 733 g/mol. The van der Waals surface area contributed by atoms with Crippen molar-refractivity contribution < 1.29 is 33.4 Å². The maximum atomic E-state index is 15.3. The molecule has 0 aromatic heterocycles. The van der Waals surface area contributed by atoms with Crippen LogP contribution in [0.5, 0.6) is 11.5 Å². The molecule has 2 heterocycles. The molecule has 2 saturated carbocycles. The standard InChI is InChI=1S/C39H36Cl2FN3O6/c1-51-31-18-20(17-30(41)34(31)46)33-26-15-16-27-32(37(49)44(35(27)47)25-5-3-2-4-6-25)28(26)19-29-36(48)45(43-24-13-11-23(42)12-14-24)38(50)39(29,33)21-7-9-22(40)10-8-21/h7-15,17-18,25,27-29,32-33,43,46H,2-6,16,19H2,1H3/t27-,28+,29-,32-,33-,39+/m0/s1. The van der Waals surface area contributed by atoms with Gasteiger partial charge < -0.3 is 9.84 Å². The molecule has 51 heavy (non-hydrogen) atoms. The number of phenols is 1. The molecule has 12 heteroatoms. The van der Waals surface area contributed by atoms with Gasteiger partial charge >= 0.3 is 0 Å². The van der Waals surface area contributed by atoms with Crippen LogP contribution in [-0.2, 0) is 24.6 Å². The Morgan fingerprint density at radius 3 is 2.29 bits per heavy atom. The van der Waals surface area contributed by atoms with Gasteiger partial charge in [-0.15, -0.1) is 0 Å². The predicted molar refractivity (Wildman–Crippen MR) is 187 cm³/mol. The summed E-state index contributed by atoms with van der Waals surface area (Å²) in [6.45, 7) is 0. The minimum Gasteiger partial charge on any atom is -0.503 e. The minimum atomic E-state index is -1.58. The third-order valence-electron chi connectivity index (χ3n) is 11.8. The third kappa shape index (κ3) is 5.08. The summed E-state index contributed by atoms with van der Waals surface area (Å²) in [6.07, 6.45) is 6.92. The van der Waals surface area contributed by atoms with E-state index < -0.39 is 52.6 Å². The van der Waals surface area contributed by atoms with Gasteiger partial charge in [-0.05, 0) is 91.3 Å². The molecule has 4 amide bonds. The normalized spacial score (nSPS) is 29.1. The van der Waals surface area contributed by atoms with Gasteiger partial charge in [0.2, 0.25) is 11.8 Å². The Labute approximate surface area is 304 Å². The minimum absolute atomic E-state index is 0.0165. The predicted octanol–water partition coefficient (Wildman–Crippen LogP) is 7.16. The first-order valence-corrected chi connectivity index (χ1v) is 18.1. The average Bonchev–Trinajstić information content (AvgIpc) is 3.51. The number of ether oxygens (including phenoxy) is 1. The number of methoxy groups -OCH3 is 1. The molecule has 264 valence electrons. The van der Waals surface area contributed by atoms with Gasteiger partial charge in [-0.2, -0.15) is 5.01 Å². The molecule has 3 aliphatic carbocycles. The molecule has 2 N–H and O–H groups in total. The van der Waals surface area contributed by atoms with Crippen LogP contribution in [0.1, 0.15) is 62.0 Å². The largest absolute Gasteiger partial charge is 0.503 e. The highest BCUT2D eigenvalue weighted by Gasteiger charge is 2.70. The molecule has 0 spiro atoms. The number of nitrogens with zero attached hydrogens (tertiary/aromatic N) is 2. The number of carbonyl (C=O) groups is 4. The molecular formula is C39H36Cl2FN3O6. The van der Waals surface area contributed by atoms with E-state index in [0.717, 1.165) is 42.7 Å². The SMILES string of the molecule is COc1cc([C@H]2C3=CC[C@@H]4C(=O)N(C5CCCCC5)C(=O)[C@@H]4[C@@H]3C[C@H]3C(=O)N(Nc4ccc(F)cc4)C(=O)[C@@]23c2ccc(Cl)cc2)cc(Cl)c1O. The van der Waals surface area contributed by atoms with Crippen molar-refractivity contribution in [3.8, 4) is 11.5 Å². The molecular weight excluding hydrogens is 696 g/mol. The lowest BCUT2D eigenvalue weighted by atomic mass is 9.49. The lowest BCUT2D eigenvalue weighted by Crippen LogP contribution is -2.53. The number of carbonyl (C=O) groups excluding carboxylic acids is 4. The van der Waals surface area contributed by atoms with Gasteiger partial charge in [0.05, 0.1) is 41.0 Å². The Morgan fingerprint density at radius 1 is 0.902 bits per heavy atom. The van der Waals surface area contributed by atoms with Gasteiger partial charge in [0.15, 0.2) is 11.5 Å². The van der Waals surface area contributed by atoms with Crippen LogP contribution >= 0.6 is 23.2 Å². The van der Waals surface area contributed by atoms with E-state index in [2.05, 4.69) is 5.43 Å². The maximum Gasteiger partial charge on any atom is 0.260 e. The van der Waals surface area contributed by atoms with Crippen LogP contribution in [0, 0.1) is 29.5 Å². The number of rotatable bonds is 6. The first-order chi connectivity index (χ1) is 24.6. The molecule has 3 aromatic carbocycles. The first-order valence-electron chi connectivity index (χ1n) is 17.4. The summed E-state index contributed by atoms with van der Waals surface area (Å²) in [5, 5.41) is 12.2. The number of halogens is 3. The van der Waals surface area contributed by atoms with E-state index in [4.69, 9.17) is 27.9 Å². The summed E-state index contributed by atoms with van der Waals surface area (Å²) in [7, 11) is 1.39. The summed E-state index contributed by atoms with van der Waals surface area (Å²) in [4.78, 5) is 60.1. The lowest BCUT2D eigenvalue weighted by Gasteiger charge is -2.50. The van der Waals surface area contributed by atoms with Gasteiger partial charge in [0, 0.05) is 17.0 Å². The monoisotopic (exact) mass is 731 g/mol. The summed E-state index contributed by atoms with van der Waals surface area (Å²) in [5.74, 6) is -5.86. The number of fused-ring (bicyclic) bond motifs is 4. The zero-order valence-corrected chi connectivity index (χ0v) is 29.3. The third-order valence-corrected chi connectivity index (χ3v) is 12.4. The molecule has 0 radical (unpaired) electrons. The number of amides is 4. The molecule has 3 aromatic rings. The van der Waals surface area contributed by atoms with Gasteiger partial charge in [0.25, 0.3) is 11.8 Å². The summed E-state index contributed by atoms with van der Waals surface area (Å²) < 4.78 is 19.4. The maximum absolute atomic E-state index is 15.3. The van der Waals surface area contributed by atoms with Gasteiger partial charge in [0.1, 0.15) is 5.82 Å². The van der Waals surface area contributed by atoms with E-state index in [1.165, 1.54) is 36.3 Å². The van der Waals surface area contributed by atoms with Crippen molar-refractivity contribution in [2.45, 2.75) is 62.3 Å². The Morgan fingerprint density at radius 2 is 1.61 bits per heavy atom. The van der Waals surface area contributed by atoms with Crippen molar-refractivity contribution in [3.05, 3.63) is 99.3 Å². The molecule has 2 aliphatic heterocycles. The highest BCUT2D eigenvalue weighted by molar-refractivity contribution is 6.32. The number of aromatic hydroxyl groups is 1. The number of hydrazine groups is 1. The first kappa shape index (κ1) is 33.7. The molecule has 0 unspecified atom stereocenters.